The molecule has 7 nitrogen and oxygen atoms in total. The van der Waals surface area contributed by atoms with Gasteiger partial charge >= 0.3 is 0 Å². The Hall–Kier alpha value is -4.52. The van der Waals surface area contributed by atoms with E-state index in [1.54, 1.807) is 30.5 Å². The molecule has 3 aromatic carbocycles. The summed E-state index contributed by atoms with van der Waals surface area (Å²) in [6, 6.07) is 25.2. The first kappa shape index (κ1) is 21.3. The van der Waals surface area contributed by atoms with E-state index in [-0.39, 0.29) is 6.54 Å². The minimum Gasteiger partial charge on any atom is -0.446 e. The van der Waals surface area contributed by atoms with E-state index in [1.165, 1.54) is 0 Å². The van der Waals surface area contributed by atoms with Gasteiger partial charge in [-0.05, 0) is 17.7 Å². The van der Waals surface area contributed by atoms with Gasteiger partial charge in [-0.25, -0.2) is 4.98 Å². The van der Waals surface area contributed by atoms with Crippen LogP contribution in [0.4, 0.5) is 0 Å². The van der Waals surface area contributed by atoms with Gasteiger partial charge in [-0.3, -0.25) is 19.3 Å². The summed E-state index contributed by atoms with van der Waals surface area (Å²) < 4.78 is 5.74. The Labute approximate surface area is 196 Å². The van der Waals surface area contributed by atoms with Crippen LogP contribution in [0.25, 0.3) is 11.3 Å². The molecular weight excluding hydrogens is 430 g/mol. The van der Waals surface area contributed by atoms with E-state index in [4.69, 9.17) is 4.42 Å². The lowest BCUT2D eigenvalue weighted by atomic mass is 10.1. The molecule has 34 heavy (non-hydrogen) atoms. The summed E-state index contributed by atoms with van der Waals surface area (Å²) in [5.74, 6) is -1.08. The van der Waals surface area contributed by atoms with Crippen LogP contribution in [0.5, 0.6) is 0 Å². The Kier molecular flexibility index (Phi) is 5.74. The lowest BCUT2D eigenvalue weighted by Gasteiger charge is -2.18. The Morgan fingerprint density at radius 2 is 1.44 bits per heavy atom. The van der Waals surface area contributed by atoms with Crippen molar-refractivity contribution in [3.63, 3.8) is 0 Å². The van der Waals surface area contributed by atoms with E-state index in [1.807, 2.05) is 60.7 Å². The average molecular weight is 451 g/mol. The fourth-order valence-corrected chi connectivity index (χ4v) is 4.01. The summed E-state index contributed by atoms with van der Waals surface area (Å²) in [5, 5.41) is 2.90. The lowest BCUT2D eigenvalue weighted by Crippen LogP contribution is -2.42. The van der Waals surface area contributed by atoms with Crippen molar-refractivity contribution in [2.24, 2.45) is 0 Å². The number of fused-ring (bicyclic) bond motifs is 1. The first-order chi connectivity index (χ1) is 16.6. The van der Waals surface area contributed by atoms with E-state index in [0.29, 0.717) is 29.1 Å². The van der Waals surface area contributed by atoms with Crippen LogP contribution in [0, 0.1) is 0 Å². The van der Waals surface area contributed by atoms with Gasteiger partial charge in [-0.1, -0.05) is 72.8 Å². The maximum atomic E-state index is 13.0. The van der Waals surface area contributed by atoms with Crippen LogP contribution >= 0.6 is 0 Å². The number of aromatic nitrogens is 1. The van der Waals surface area contributed by atoms with Gasteiger partial charge < -0.3 is 9.73 Å². The molecule has 0 fully saturated rings. The highest BCUT2D eigenvalue weighted by molar-refractivity contribution is 6.22. The summed E-state index contributed by atoms with van der Waals surface area (Å²) >= 11 is 0. The number of oxazole rings is 1. The number of nitrogens with one attached hydrogen (secondary N) is 1. The van der Waals surface area contributed by atoms with E-state index >= 15 is 0 Å². The second kappa shape index (κ2) is 9.15. The lowest BCUT2D eigenvalue weighted by molar-refractivity contribution is -0.122. The fraction of sp³-hybridized carbons (Fsp3) is 0.111. The molecule has 0 saturated carbocycles. The van der Waals surface area contributed by atoms with Gasteiger partial charge in [-0.15, -0.1) is 0 Å². The number of hydrogen-bond donors (Lipinski definition) is 1. The Morgan fingerprint density at radius 3 is 2.09 bits per heavy atom. The maximum absolute atomic E-state index is 13.0. The Bertz CT molecular complexity index is 1310. The van der Waals surface area contributed by atoms with Crippen molar-refractivity contribution in [3.8, 4) is 11.3 Å². The topological polar surface area (TPSA) is 92.5 Å². The van der Waals surface area contributed by atoms with Crippen LogP contribution in [0.1, 0.15) is 38.2 Å². The Morgan fingerprint density at radius 1 is 0.853 bits per heavy atom. The molecule has 1 aromatic heterocycles. The molecule has 0 aliphatic carbocycles. The van der Waals surface area contributed by atoms with Gasteiger partial charge in [0.05, 0.1) is 11.1 Å². The number of hydrogen-bond acceptors (Lipinski definition) is 5. The molecule has 0 saturated heterocycles. The summed E-state index contributed by atoms with van der Waals surface area (Å²) in [4.78, 5) is 43.8. The predicted octanol–water partition coefficient (Wildman–Crippen LogP) is 4.04. The third-order valence-electron chi connectivity index (χ3n) is 5.69. The van der Waals surface area contributed by atoms with Crippen LogP contribution in [0.3, 0.4) is 0 Å². The number of carbonyl (C=O) groups excluding carboxylic acids is 3. The number of amides is 3. The van der Waals surface area contributed by atoms with Gasteiger partial charge in [0.15, 0.2) is 0 Å². The molecule has 2 heterocycles. The minimum absolute atomic E-state index is 0.307. The van der Waals surface area contributed by atoms with E-state index < -0.39 is 23.8 Å². The van der Waals surface area contributed by atoms with Crippen molar-refractivity contribution in [1.82, 2.24) is 15.2 Å². The predicted molar refractivity (Wildman–Crippen MR) is 125 cm³/mol. The molecule has 168 valence electrons. The van der Waals surface area contributed by atoms with Crippen LogP contribution in [-0.2, 0) is 11.2 Å². The monoisotopic (exact) mass is 451 g/mol. The van der Waals surface area contributed by atoms with Gasteiger partial charge in [0.25, 0.3) is 11.8 Å². The first-order valence-electron chi connectivity index (χ1n) is 10.9. The van der Waals surface area contributed by atoms with E-state index in [2.05, 4.69) is 10.3 Å². The molecule has 0 spiro atoms. The molecule has 1 atom stereocenters. The number of nitrogens with zero attached hydrogens (tertiary/aromatic N) is 2. The van der Waals surface area contributed by atoms with Gasteiger partial charge in [-0.2, -0.15) is 0 Å². The van der Waals surface area contributed by atoms with Gasteiger partial charge in [0.1, 0.15) is 24.5 Å². The van der Waals surface area contributed by atoms with Crippen molar-refractivity contribution in [3.05, 3.63) is 114 Å². The third kappa shape index (κ3) is 4.23. The molecule has 3 amide bonds. The second-order valence-electron chi connectivity index (χ2n) is 7.99. The third-order valence-corrected chi connectivity index (χ3v) is 5.69. The molecule has 5 rings (SSSR count). The van der Waals surface area contributed by atoms with Crippen LogP contribution in [0.15, 0.2) is 95.6 Å². The average Bonchev–Trinajstić information content (AvgIpc) is 3.45. The molecule has 1 unspecified atom stereocenters. The quantitative estimate of drug-likeness (QED) is 0.428. The molecule has 7 heteroatoms. The number of carbonyl (C=O) groups is 3. The number of rotatable bonds is 7. The van der Waals surface area contributed by atoms with E-state index in [9.17, 15) is 14.4 Å². The summed E-state index contributed by atoms with van der Waals surface area (Å²) in [6.45, 7) is -0.385. The zero-order valence-corrected chi connectivity index (χ0v) is 18.2. The van der Waals surface area contributed by atoms with Crippen molar-refractivity contribution < 1.29 is 18.8 Å². The normalized spacial score (nSPS) is 13.6. The van der Waals surface area contributed by atoms with Crippen molar-refractivity contribution >= 4 is 17.7 Å². The summed E-state index contributed by atoms with van der Waals surface area (Å²) in [5.41, 5.74) is 3.15. The first-order valence-corrected chi connectivity index (χ1v) is 10.9. The highest BCUT2D eigenvalue weighted by Crippen LogP contribution is 2.25. The Balaban J connectivity index is 1.36. The molecule has 0 bridgehead atoms. The molecule has 1 aliphatic heterocycles. The zero-order chi connectivity index (χ0) is 23.5. The van der Waals surface area contributed by atoms with Crippen LogP contribution < -0.4 is 5.32 Å². The minimum atomic E-state index is -0.581. The standard InChI is InChI=1S/C27H21N3O4/c31-24(16-30-26(32)20-13-7-8-14-21(20)27(30)33)28-22(15-18-9-3-1-4-10-18)25-29-23(17-34-25)19-11-5-2-6-12-19/h1-14,17,22H,15-16H2,(H,28,31). The summed E-state index contributed by atoms with van der Waals surface area (Å²) in [6.07, 6.45) is 1.99. The second-order valence-corrected chi connectivity index (χ2v) is 7.99. The summed E-state index contributed by atoms with van der Waals surface area (Å²) in [7, 11) is 0. The largest absolute Gasteiger partial charge is 0.446 e. The van der Waals surface area contributed by atoms with Gasteiger partial charge in [0.2, 0.25) is 11.8 Å². The number of imide groups is 1. The van der Waals surface area contributed by atoms with Gasteiger partial charge in [0, 0.05) is 12.0 Å². The van der Waals surface area contributed by atoms with Crippen molar-refractivity contribution in [2.75, 3.05) is 6.54 Å². The molecule has 1 N–H and O–H groups in total. The zero-order valence-electron chi connectivity index (χ0n) is 18.2. The number of benzene rings is 3. The van der Waals surface area contributed by atoms with E-state index in [0.717, 1.165) is 16.0 Å². The van der Waals surface area contributed by atoms with Crippen molar-refractivity contribution in [2.45, 2.75) is 12.5 Å². The molecule has 0 radical (unpaired) electrons. The fourth-order valence-electron chi connectivity index (χ4n) is 4.01. The van der Waals surface area contributed by atoms with Crippen molar-refractivity contribution in [1.29, 1.82) is 0 Å². The molecule has 4 aromatic rings. The highest BCUT2D eigenvalue weighted by atomic mass is 16.3. The SMILES string of the molecule is O=C(CN1C(=O)c2ccccc2C1=O)NC(Cc1ccccc1)c1nc(-c2ccccc2)co1. The van der Waals surface area contributed by atoms with Crippen LogP contribution in [0.2, 0.25) is 0 Å². The highest BCUT2D eigenvalue weighted by Gasteiger charge is 2.36. The molecular formula is C27H21N3O4. The smallest absolute Gasteiger partial charge is 0.262 e. The van der Waals surface area contributed by atoms with Crippen LogP contribution in [-0.4, -0.2) is 34.2 Å². The molecule has 1 aliphatic rings. The maximum Gasteiger partial charge on any atom is 0.262 e.